The molecule has 0 saturated heterocycles. The first-order valence-electron chi connectivity index (χ1n) is 11.3. The van der Waals surface area contributed by atoms with Gasteiger partial charge in [-0.2, -0.15) is 13.2 Å². The molecule has 0 radical (unpaired) electrons. The fraction of sp³-hybridized carbons (Fsp3) is 0.321. The molecule has 0 aliphatic heterocycles. The lowest BCUT2D eigenvalue weighted by Crippen LogP contribution is -2.33. The van der Waals surface area contributed by atoms with Crippen molar-refractivity contribution in [2.75, 3.05) is 18.9 Å². The normalized spacial score (nSPS) is 11.9. The van der Waals surface area contributed by atoms with Crippen LogP contribution in [0.25, 0.3) is 0 Å². The molecule has 0 saturated carbocycles. The van der Waals surface area contributed by atoms with Gasteiger partial charge in [0.1, 0.15) is 0 Å². The number of nitrogens with one attached hydrogen (secondary N) is 1. The van der Waals surface area contributed by atoms with Crippen LogP contribution in [0.3, 0.4) is 0 Å². The van der Waals surface area contributed by atoms with Gasteiger partial charge in [0.25, 0.3) is 5.91 Å². The summed E-state index contributed by atoms with van der Waals surface area (Å²) in [4.78, 5) is 15.2. The molecule has 0 spiro atoms. The Kier molecular flexibility index (Phi) is 7.70. The highest BCUT2D eigenvalue weighted by Gasteiger charge is 2.30. The number of carbonyl (C=O) groups is 1. The van der Waals surface area contributed by atoms with Gasteiger partial charge in [0.15, 0.2) is 0 Å². The number of amides is 1. The zero-order valence-electron chi connectivity index (χ0n) is 20.0. The van der Waals surface area contributed by atoms with Gasteiger partial charge in [0, 0.05) is 25.8 Å². The van der Waals surface area contributed by atoms with Gasteiger partial charge in [-0.25, -0.2) is 0 Å². The molecular weight excluding hydrogens is 437 g/mol. The van der Waals surface area contributed by atoms with E-state index in [4.69, 9.17) is 0 Å². The number of anilines is 1. The van der Waals surface area contributed by atoms with Crippen LogP contribution in [0.15, 0.2) is 72.8 Å². The minimum Gasteiger partial charge on any atom is -0.387 e. The molecule has 34 heavy (non-hydrogen) atoms. The van der Waals surface area contributed by atoms with Gasteiger partial charge in [-0.05, 0) is 46.7 Å². The average molecular weight is 469 g/mol. The Morgan fingerprint density at radius 2 is 1.53 bits per heavy atom. The van der Waals surface area contributed by atoms with Crippen molar-refractivity contribution in [3.63, 3.8) is 0 Å². The van der Waals surface area contributed by atoms with Crippen molar-refractivity contribution < 1.29 is 18.0 Å². The number of hydrogen-bond donors (Lipinski definition) is 1. The molecule has 0 aromatic heterocycles. The number of carbonyl (C=O) groups excluding carboxylic acids is 1. The number of nitrogens with zero attached hydrogens (tertiary/aromatic N) is 1. The van der Waals surface area contributed by atoms with Crippen molar-refractivity contribution in [1.82, 2.24) is 4.90 Å². The van der Waals surface area contributed by atoms with Crippen LogP contribution in [0, 0.1) is 0 Å². The van der Waals surface area contributed by atoms with E-state index in [2.05, 4.69) is 38.2 Å². The highest BCUT2D eigenvalue weighted by molar-refractivity contribution is 5.99. The number of halogens is 3. The summed E-state index contributed by atoms with van der Waals surface area (Å²) in [5.41, 5.74) is 3.27. The van der Waals surface area contributed by atoms with Crippen LogP contribution in [-0.2, 0) is 24.6 Å². The molecule has 180 valence electrons. The van der Waals surface area contributed by atoms with E-state index in [0.29, 0.717) is 36.3 Å². The van der Waals surface area contributed by atoms with Crippen LogP contribution in [0.4, 0.5) is 18.9 Å². The molecule has 3 aromatic carbocycles. The second kappa shape index (κ2) is 10.3. The lowest BCUT2D eigenvalue weighted by Gasteiger charge is -2.25. The van der Waals surface area contributed by atoms with Crippen molar-refractivity contribution in [1.29, 1.82) is 0 Å². The Balaban J connectivity index is 1.87. The third-order valence-electron chi connectivity index (χ3n) is 5.83. The summed E-state index contributed by atoms with van der Waals surface area (Å²) < 4.78 is 39.4. The van der Waals surface area contributed by atoms with E-state index in [1.807, 2.05) is 24.3 Å². The van der Waals surface area contributed by atoms with Crippen LogP contribution in [0.1, 0.15) is 53.4 Å². The quantitative estimate of drug-likeness (QED) is 0.408. The molecule has 0 atom stereocenters. The molecule has 0 heterocycles. The largest absolute Gasteiger partial charge is 0.416 e. The zero-order valence-corrected chi connectivity index (χ0v) is 20.0. The maximum Gasteiger partial charge on any atom is 0.416 e. The summed E-state index contributed by atoms with van der Waals surface area (Å²) in [5, 5.41) is 3.04. The topological polar surface area (TPSA) is 32.3 Å². The first-order valence-corrected chi connectivity index (χ1v) is 11.3. The van der Waals surface area contributed by atoms with E-state index >= 15 is 0 Å². The monoisotopic (exact) mass is 468 g/mol. The van der Waals surface area contributed by atoms with Crippen LogP contribution in [-0.4, -0.2) is 24.4 Å². The summed E-state index contributed by atoms with van der Waals surface area (Å²) in [6.07, 6.45) is -4.08. The molecule has 0 bridgehead atoms. The standard InChI is InChI=1S/C28H31F3N2O/c1-27(2,3)22-14-12-21(13-15-22)19-33(26(34)24-10-5-6-11-25(24)32-4)17-16-20-8-7-9-23(18-20)28(29,30)31/h5-15,18,32H,16-17,19H2,1-4H3. The summed E-state index contributed by atoms with van der Waals surface area (Å²) >= 11 is 0. The Morgan fingerprint density at radius 1 is 0.853 bits per heavy atom. The molecule has 3 rings (SSSR count). The van der Waals surface area contributed by atoms with Gasteiger partial charge in [-0.15, -0.1) is 0 Å². The maximum atomic E-state index is 13.5. The molecule has 0 aliphatic rings. The lowest BCUT2D eigenvalue weighted by molar-refractivity contribution is -0.137. The smallest absolute Gasteiger partial charge is 0.387 e. The van der Waals surface area contributed by atoms with E-state index in [1.165, 1.54) is 11.6 Å². The van der Waals surface area contributed by atoms with E-state index in [9.17, 15) is 18.0 Å². The zero-order chi connectivity index (χ0) is 24.9. The highest BCUT2D eigenvalue weighted by Crippen LogP contribution is 2.30. The second-order valence-electron chi connectivity index (χ2n) is 9.42. The van der Waals surface area contributed by atoms with Crippen LogP contribution >= 0.6 is 0 Å². The lowest BCUT2D eigenvalue weighted by atomic mass is 9.87. The van der Waals surface area contributed by atoms with E-state index in [1.54, 1.807) is 30.1 Å². The maximum absolute atomic E-state index is 13.5. The van der Waals surface area contributed by atoms with Crippen molar-refractivity contribution >= 4 is 11.6 Å². The Hall–Kier alpha value is -3.28. The molecule has 1 amide bonds. The van der Waals surface area contributed by atoms with E-state index in [-0.39, 0.29) is 11.3 Å². The van der Waals surface area contributed by atoms with E-state index < -0.39 is 11.7 Å². The SMILES string of the molecule is CNc1ccccc1C(=O)N(CCc1cccc(C(F)(F)F)c1)Cc1ccc(C(C)(C)C)cc1. The number of alkyl halides is 3. The van der Waals surface area contributed by atoms with Gasteiger partial charge in [0.2, 0.25) is 0 Å². The predicted octanol–water partition coefficient (Wildman–Crippen LogP) is 6.93. The van der Waals surface area contributed by atoms with Crippen molar-refractivity contribution in [2.24, 2.45) is 0 Å². The third kappa shape index (κ3) is 6.40. The number of benzene rings is 3. The van der Waals surface area contributed by atoms with Crippen molar-refractivity contribution in [2.45, 2.75) is 45.3 Å². The molecule has 1 N–H and O–H groups in total. The Labute approximate surface area is 199 Å². The molecule has 0 fully saturated rings. The molecule has 0 unspecified atom stereocenters. The van der Waals surface area contributed by atoms with Gasteiger partial charge < -0.3 is 10.2 Å². The highest BCUT2D eigenvalue weighted by atomic mass is 19.4. The average Bonchev–Trinajstić information content (AvgIpc) is 2.80. The number of rotatable bonds is 7. The minimum atomic E-state index is -4.40. The first kappa shape index (κ1) is 25.3. The van der Waals surface area contributed by atoms with Crippen LogP contribution in [0.5, 0.6) is 0 Å². The fourth-order valence-electron chi connectivity index (χ4n) is 3.81. The number of para-hydroxylation sites is 1. The predicted molar refractivity (Wildman–Crippen MR) is 131 cm³/mol. The third-order valence-corrected chi connectivity index (χ3v) is 5.83. The van der Waals surface area contributed by atoms with Crippen molar-refractivity contribution in [3.05, 3.63) is 101 Å². The second-order valence-corrected chi connectivity index (χ2v) is 9.42. The van der Waals surface area contributed by atoms with Gasteiger partial charge in [-0.1, -0.05) is 75.4 Å². The fourth-order valence-corrected chi connectivity index (χ4v) is 3.81. The van der Waals surface area contributed by atoms with E-state index in [0.717, 1.165) is 17.7 Å². The summed E-state index contributed by atoms with van der Waals surface area (Å²) in [6, 6.07) is 20.7. The van der Waals surface area contributed by atoms with Gasteiger partial charge in [-0.3, -0.25) is 4.79 Å². The summed E-state index contributed by atoms with van der Waals surface area (Å²) in [7, 11) is 1.75. The van der Waals surface area contributed by atoms with Gasteiger partial charge in [0.05, 0.1) is 11.1 Å². The minimum absolute atomic E-state index is 0.0171. The van der Waals surface area contributed by atoms with Crippen molar-refractivity contribution in [3.8, 4) is 0 Å². The Bertz CT molecular complexity index is 1120. The Morgan fingerprint density at radius 3 is 2.15 bits per heavy atom. The van der Waals surface area contributed by atoms with Crippen LogP contribution in [0.2, 0.25) is 0 Å². The summed E-state index contributed by atoms with van der Waals surface area (Å²) in [5.74, 6) is -0.170. The molecule has 3 nitrogen and oxygen atoms in total. The molecule has 3 aromatic rings. The number of hydrogen-bond acceptors (Lipinski definition) is 2. The molecular formula is C28H31F3N2O. The van der Waals surface area contributed by atoms with Gasteiger partial charge >= 0.3 is 6.18 Å². The van der Waals surface area contributed by atoms with Crippen LogP contribution < -0.4 is 5.32 Å². The molecule has 6 heteroatoms. The first-order chi connectivity index (χ1) is 16.0. The molecule has 0 aliphatic carbocycles. The summed E-state index contributed by atoms with van der Waals surface area (Å²) in [6.45, 7) is 7.07.